The monoisotopic (exact) mass is 345 g/mol. The Bertz CT molecular complexity index is 577. The molecular weight excluding hydrogens is 329 g/mol. The van der Waals surface area contributed by atoms with Gasteiger partial charge in [0.05, 0.1) is 11.6 Å². The average molecular weight is 346 g/mol. The van der Waals surface area contributed by atoms with Crippen LogP contribution in [0, 0.1) is 0 Å². The first-order valence-electron chi connectivity index (χ1n) is 6.68. The molecule has 1 aromatic heterocycles. The van der Waals surface area contributed by atoms with Gasteiger partial charge in [0.25, 0.3) is 0 Å². The van der Waals surface area contributed by atoms with E-state index in [0.29, 0.717) is 10.0 Å². The van der Waals surface area contributed by atoms with Crippen LogP contribution in [0.2, 0.25) is 10.0 Å². The minimum Gasteiger partial charge on any atom is -0.383 e. The number of hydrogen-bond acceptors (Lipinski definition) is 5. The smallest absolute Gasteiger partial charge is 0.149 e. The van der Waals surface area contributed by atoms with Gasteiger partial charge in [0.1, 0.15) is 10.0 Å². The molecule has 7 heteroatoms. The first-order valence-corrected chi connectivity index (χ1v) is 8.25. The quantitative estimate of drug-likeness (QED) is 0.741. The van der Waals surface area contributed by atoms with Gasteiger partial charge in [-0.3, -0.25) is 0 Å². The molecule has 0 spiro atoms. The van der Waals surface area contributed by atoms with Gasteiger partial charge in [0.15, 0.2) is 0 Å². The van der Waals surface area contributed by atoms with E-state index in [4.69, 9.17) is 27.9 Å². The molecule has 0 saturated carbocycles. The number of ether oxygens (including phenoxy) is 1. The van der Waals surface area contributed by atoms with Crippen molar-refractivity contribution in [3.05, 3.63) is 33.3 Å². The lowest BCUT2D eigenvalue weighted by atomic mass is 10.2. The zero-order chi connectivity index (χ0) is 15.1. The molecule has 0 bridgehead atoms. The highest BCUT2D eigenvalue weighted by atomic mass is 35.5. The van der Waals surface area contributed by atoms with Crippen LogP contribution in [0.3, 0.4) is 0 Å². The molecular formula is C14H17Cl2N3OS. The molecule has 2 aromatic rings. The molecule has 0 fully saturated rings. The number of nitrogens with zero attached hydrogens (tertiary/aromatic N) is 2. The number of rotatable bonds is 8. The molecule has 0 unspecified atom stereocenters. The van der Waals surface area contributed by atoms with E-state index in [1.54, 1.807) is 24.5 Å². The topological polar surface area (TPSA) is 47.0 Å². The summed E-state index contributed by atoms with van der Waals surface area (Å²) in [6.07, 6.45) is 1.93. The fourth-order valence-electron chi connectivity index (χ4n) is 1.79. The molecule has 114 valence electrons. The molecule has 1 N–H and O–H groups in total. The van der Waals surface area contributed by atoms with E-state index in [1.807, 2.05) is 12.1 Å². The highest BCUT2D eigenvalue weighted by Crippen LogP contribution is 2.32. The van der Waals surface area contributed by atoms with Crippen LogP contribution in [-0.2, 0) is 11.2 Å². The molecule has 0 saturated heterocycles. The van der Waals surface area contributed by atoms with Crippen LogP contribution in [0.25, 0.3) is 10.6 Å². The lowest BCUT2D eigenvalue weighted by Gasteiger charge is -2.02. The number of benzene rings is 1. The third-order valence-electron chi connectivity index (χ3n) is 2.86. The Hall–Kier alpha value is -0.720. The molecule has 0 aliphatic heterocycles. The van der Waals surface area contributed by atoms with Gasteiger partial charge in [-0.15, -0.1) is 10.2 Å². The largest absolute Gasteiger partial charge is 0.383 e. The number of nitrogens with one attached hydrogen (secondary N) is 1. The maximum absolute atomic E-state index is 6.18. The van der Waals surface area contributed by atoms with Crippen LogP contribution in [-0.4, -0.2) is 37.0 Å². The number of hydrogen-bond donors (Lipinski definition) is 1. The van der Waals surface area contributed by atoms with Gasteiger partial charge in [0.2, 0.25) is 0 Å². The summed E-state index contributed by atoms with van der Waals surface area (Å²) >= 11 is 13.7. The maximum atomic E-state index is 6.18. The minimum atomic E-state index is 0.603. The van der Waals surface area contributed by atoms with Crippen LogP contribution < -0.4 is 5.32 Å². The van der Waals surface area contributed by atoms with Gasteiger partial charge in [-0.2, -0.15) is 0 Å². The molecule has 0 aliphatic carbocycles. The highest BCUT2D eigenvalue weighted by Gasteiger charge is 2.10. The second kappa shape index (κ2) is 8.66. The summed E-state index contributed by atoms with van der Waals surface area (Å²) in [7, 11) is 1.70. The molecule has 4 nitrogen and oxygen atoms in total. The first kappa shape index (κ1) is 16.6. The van der Waals surface area contributed by atoms with Gasteiger partial charge in [-0.1, -0.05) is 34.5 Å². The maximum Gasteiger partial charge on any atom is 0.149 e. The molecule has 0 radical (unpaired) electrons. The predicted molar refractivity (Wildman–Crippen MR) is 88.4 cm³/mol. The van der Waals surface area contributed by atoms with Crippen molar-refractivity contribution in [1.29, 1.82) is 0 Å². The second-order valence-corrected chi connectivity index (χ2v) is 6.38. The van der Waals surface area contributed by atoms with E-state index in [9.17, 15) is 0 Å². The van der Waals surface area contributed by atoms with Crippen LogP contribution in [0.4, 0.5) is 0 Å². The normalized spacial score (nSPS) is 11.0. The SMILES string of the molecule is COCCNCCCc1nnc(-c2ccc(Cl)cc2Cl)s1. The Kier molecular flexibility index (Phi) is 6.86. The summed E-state index contributed by atoms with van der Waals surface area (Å²) in [5.74, 6) is 0. The van der Waals surface area contributed by atoms with Crippen LogP contribution in [0.1, 0.15) is 11.4 Å². The zero-order valence-electron chi connectivity index (χ0n) is 11.7. The van der Waals surface area contributed by atoms with Crippen LogP contribution in [0.15, 0.2) is 18.2 Å². The van der Waals surface area contributed by atoms with E-state index >= 15 is 0 Å². The molecule has 0 amide bonds. The van der Waals surface area contributed by atoms with E-state index in [-0.39, 0.29) is 0 Å². The number of methoxy groups -OCH3 is 1. The van der Waals surface area contributed by atoms with Crippen LogP contribution in [0.5, 0.6) is 0 Å². The third kappa shape index (κ3) is 5.20. The predicted octanol–water partition coefficient (Wildman–Crippen LogP) is 3.68. The molecule has 21 heavy (non-hydrogen) atoms. The Balaban J connectivity index is 1.86. The third-order valence-corrected chi connectivity index (χ3v) is 4.42. The molecule has 0 aliphatic rings. The van der Waals surface area contributed by atoms with Gasteiger partial charge in [-0.05, 0) is 31.2 Å². The lowest BCUT2D eigenvalue weighted by molar-refractivity contribution is 0.199. The average Bonchev–Trinajstić information content (AvgIpc) is 2.91. The second-order valence-electron chi connectivity index (χ2n) is 4.47. The number of aromatic nitrogens is 2. The fraction of sp³-hybridized carbons (Fsp3) is 0.429. The Labute approximate surface area is 138 Å². The van der Waals surface area contributed by atoms with Crippen molar-refractivity contribution in [2.75, 3.05) is 26.8 Å². The Morgan fingerprint density at radius 2 is 2.10 bits per heavy atom. The first-order chi connectivity index (χ1) is 10.2. The molecule has 0 atom stereocenters. The van der Waals surface area contributed by atoms with E-state index in [1.165, 1.54) is 0 Å². The summed E-state index contributed by atoms with van der Waals surface area (Å²) in [6, 6.07) is 5.41. The van der Waals surface area contributed by atoms with Crippen molar-refractivity contribution in [3.63, 3.8) is 0 Å². The number of halogens is 2. The van der Waals surface area contributed by atoms with E-state index in [2.05, 4.69) is 15.5 Å². The van der Waals surface area contributed by atoms with Gasteiger partial charge in [-0.25, -0.2) is 0 Å². The van der Waals surface area contributed by atoms with E-state index in [0.717, 1.165) is 48.1 Å². The highest BCUT2D eigenvalue weighted by molar-refractivity contribution is 7.14. The Morgan fingerprint density at radius 1 is 1.24 bits per heavy atom. The fourth-order valence-corrected chi connectivity index (χ4v) is 3.27. The van der Waals surface area contributed by atoms with E-state index < -0.39 is 0 Å². The van der Waals surface area contributed by atoms with Crippen molar-refractivity contribution in [2.45, 2.75) is 12.8 Å². The van der Waals surface area contributed by atoms with Crippen molar-refractivity contribution in [1.82, 2.24) is 15.5 Å². The summed E-state index contributed by atoms with van der Waals surface area (Å²) in [5, 5.41) is 14.8. The summed E-state index contributed by atoms with van der Waals surface area (Å²) in [5.41, 5.74) is 0.878. The van der Waals surface area contributed by atoms with Crippen molar-refractivity contribution in [3.8, 4) is 10.6 Å². The van der Waals surface area contributed by atoms with Crippen molar-refractivity contribution >= 4 is 34.5 Å². The molecule has 1 heterocycles. The van der Waals surface area contributed by atoms with Gasteiger partial charge < -0.3 is 10.1 Å². The minimum absolute atomic E-state index is 0.603. The van der Waals surface area contributed by atoms with Gasteiger partial charge in [0, 0.05) is 30.7 Å². The van der Waals surface area contributed by atoms with Crippen molar-refractivity contribution in [2.24, 2.45) is 0 Å². The number of aryl methyl sites for hydroxylation is 1. The summed E-state index contributed by atoms with van der Waals surface area (Å²) in [6.45, 7) is 2.55. The molecule has 2 rings (SSSR count). The lowest BCUT2D eigenvalue weighted by Crippen LogP contribution is -2.20. The van der Waals surface area contributed by atoms with Crippen LogP contribution >= 0.6 is 34.5 Å². The summed E-state index contributed by atoms with van der Waals surface area (Å²) in [4.78, 5) is 0. The molecule has 1 aromatic carbocycles. The zero-order valence-corrected chi connectivity index (χ0v) is 14.1. The standard InChI is InChI=1S/C14H17Cl2N3OS/c1-20-8-7-17-6-2-3-13-18-19-14(21-13)11-5-4-10(15)9-12(11)16/h4-5,9,17H,2-3,6-8H2,1H3. The summed E-state index contributed by atoms with van der Waals surface area (Å²) < 4.78 is 4.97. The van der Waals surface area contributed by atoms with Crippen molar-refractivity contribution < 1.29 is 4.74 Å². The Morgan fingerprint density at radius 3 is 2.86 bits per heavy atom. The van der Waals surface area contributed by atoms with Gasteiger partial charge >= 0.3 is 0 Å².